The molecule has 0 aromatic rings. The van der Waals surface area contributed by atoms with Gasteiger partial charge in [0.2, 0.25) is 11.8 Å². The number of aliphatic carboxylic acids is 1. The number of amides is 2. The highest BCUT2D eigenvalue weighted by Gasteiger charge is 2.27. The Morgan fingerprint density at radius 1 is 1.25 bits per heavy atom. The van der Waals surface area contributed by atoms with Crippen molar-refractivity contribution in [3.05, 3.63) is 0 Å². The van der Waals surface area contributed by atoms with Crippen LogP contribution in [0.15, 0.2) is 0 Å². The SMILES string of the molecule is CSCC[C@H](NC(=O)[C@@H](NC(=O)CN)C(C)C)C(=O)O. The Labute approximate surface area is 123 Å². The first-order valence-electron chi connectivity index (χ1n) is 6.35. The van der Waals surface area contributed by atoms with E-state index in [9.17, 15) is 14.4 Å². The molecule has 0 radical (unpaired) electrons. The van der Waals surface area contributed by atoms with Crippen molar-refractivity contribution >= 4 is 29.5 Å². The maximum Gasteiger partial charge on any atom is 0.326 e. The third kappa shape index (κ3) is 6.76. The van der Waals surface area contributed by atoms with E-state index in [1.807, 2.05) is 6.26 Å². The van der Waals surface area contributed by atoms with Gasteiger partial charge >= 0.3 is 5.97 Å². The van der Waals surface area contributed by atoms with Crippen LogP contribution >= 0.6 is 11.8 Å². The molecule has 0 aliphatic carbocycles. The highest BCUT2D eigenvalue weighted by molar-refractivity contribution is 7.98. The van der Waals surface area contributed by atoms with Gasteiger partial charge in [-0.1, -0.05) is 13.8 Å². The Bertz CT molecular complexity index is 350. The molecule has 0 fully saturated rings. The second-order valence-electron chi connectivity index (χ2n) is 4.67. The molecule has 2 amide bonds. The molecule has 5 N–H and O–H groups in total. The molecule has 116 valence electrons. The van der Waals surface area contributed by atoms with Crippen molar-refractivity contribution in [3.8, 4) is 0 Å². The minimum absolute atomic E-state index is 0.166. The van der Waals surface area contributed by atoms with Crippen LogP contribution in [0.2, 0.25) is 0 Å². The molecule has 0 saturated carbocycles. The van der Waals surface area contributed by atoms with Crippen LogP contribution in [0.3, 0.4) is 0 Å². The number of hydrogen-bond donors (Lipinski definition) is 4. The Morgan fingerprint density at radius 2 is 1.85 bits per heavy atom. The number of carboxylic acids is 1. The van der Waals surface area contributed by atoms with Crippen molar-refractivity contribution < 1.29 is 19.5 Å². The lowest BCUT2D eigenvalue weighted by Crippen LogP contribution is -2.54. The van der Waals surface area contributed by atoms with Crippen LogP contribution in [0.25, 0.3) is 0 Å². The van der Waals surface area contributed by atoms with E-state index in [0.29, 0.717) is 12.2 Å². The molecule has 0 heterocycles. The summed E-state index contributed by atoms with van der Waals surface area (Å²) in [6.07, 6.45) is 2.19. The van der Waals surface area contributed by atoms with Crippen molar-refractivity contribution in [1.29, 1.82) is 0 Å². The van der Waals surface area contributed by atoms with Gasteiger partial charge in [-0.15, -0.1) is 0 Å². The van der Waals surface area contributed by atoms with Crippen LogP contribution in [-0.4, -0.2) is 53.5 Å². The van der Waals surface area contributed by atoms with Crippen molar-refractivity contribution in [3.63, 3.8) is 0 Å². The van der Waals surface area contributed by atoms with Gasteiger partial charge in [0.15, 0.2) is 0 Å². The number of thioether (sulfide) groups is 1. The third-order valence-electron chi connectivity index (χ3n) is 2.68. The first kappa shape index (κ1) is 18.7. The molecular formula is C12H23N3O4S. The number of rotatable bonds is 9. The van der Waals surface area contributed by atoms with E-state index < -0.39 is 29.9 Å². The number of nitrogens with two attached hydrogens (primary N) is 1. The Kier molecular flexibility index (Phi) is 8.98. The third-order valence-corrected chi connectivity index (χ3v) is 3.32. The maximum absolute atomic E-state index is 12.1. The van der Waals surface area contributed by atoms with Crippen LogP contribution in [0.4, 0.5) is 0 Å². The van der Waals surface area contributed by atoms with Gasteiger partial charge in [-0.05, 0) is 24.3 Å². The number of nitrogens with one attached hydrogen (secondary N) is 2. The smallest absolute Gasteiger partial charge is 0.326 e. The van der Waals surface area contributed by atoms with E-state index in [4.69, 9.17) is 10.8 Å². The predicted octanol–water partition coefficient (Wildman–Crippen LogP) is -0.592. The van der Waals surface area contributed by atoms with E-state index in [1.165, 1.54) is 11.8 Å². The summed E-state index contributed by atoms with van der Waals surface area (Å²) in [6.45, 7) is 3.31. The molecule has 0 aliphatic heterocycles. The molecule has 0 spiro atoms. The van der Waals surface area contributed by atoms with E-state index in [2.05, 4.69) is 10.6 Å². The standard InChI is InChI=1S/C12H23N3O4S/c1-7(2)10(15-9(16)6-13)11(17)14-8(12(18)19)4-5-20-3/h7-8,10H,4-6,13H2,1-3H3,(H,14,17)(H,15,16)(H,18,19)/t8-,10-/m0/s1. The van der Waals surface area contributed by atoms with Gasteiger partial charge in [0.25, 0.3) is 0 Å². The molecule has 0 rings (SSSR count). The summed E-state index contributed by atoms with van der Waals surface area (Å²) in [6, 6.07) is -1.74. The lowest BCUT2D eigenvalue weighted by atomic mass is 10.0. The van der Waals surface area contributed by atoms with Gasteiger partial charge in [0.1, 0.15) is 12.1 Å². The molecule has 7 nitrogen and oxygen atoms in total. The second-order valence-corrected chi connectivity index (χ2v) is 5.66. The van der Waals surface area contributed by atoms with Gasteiger partial charge < -0.3 is 21.5 Å². The summed E-state index contributed by atoms with van der Waals surface area (Å²) in [5.41, 5.74) is 5.20. The van der Waals surface area contributed by atoms with Gasteiger partial charge in [0, 0.05) is 0 Å². The zero-order valence-corrected chi connectivity index (χ0v) is 12.8. The fourth-order valence-electron chi connectivity index (χ4n) is 1.52. The average Bonchev–Trinajstić information content (AvgIpc) is 2.39. The van der Waals surface area contributed by atoms with E-state index >= 15 is 0 Å². The molecular weight excluding hydrogens is 282 g/mol. The average molecular weight is 305 g/mol. The minimum atomic E-state index is -1.08. The topological polar surface area (TPSA) is 122 Å². The molecule has 0 aromatic carbocycles. The summed E-state index contributed by atoms with van der Waals surface area (Å²) in [5, 5.41) is 14.0. The lowest BCUT2D eigenvalue weighted by molar-refractivity contribution is -0.142. The van der Waals surface area contributed by atoms with Crippen LogP contribution in [0.5, 0.6) is 0 Å². The van der Waals surface area contributed by atoms with E-state index in [-0.39, 0.29) is 12.5 Å². The predicted molar refractivity (Wildman–Crippen MR) is 78.4 cm³/mol. The Morgan fingerprint density at radius 3 is 2.25 bits per heavy atom. The van der Waals surface area contributed by atoms with Gasteiger partial charge in [-0.25, -0.2) is 4.79 Å². The zero-order chi connectivity index (χ0) is 15.7. The van der Waals surface area contributed by atoms with Gasteiger partial charge in [-0.3, -0.25) is 9.59 Å². The summed E-state index contributed by atoms with van der Waals surface area (Å²) >= 11 is 1.50. The van der Waals surface area contributed by atoms with Gasteiger partial charge in [-0.2, -0.15) is 11.8 Å². The summed E-state index contributed by atoms with van der Waals surface area (Å²) in [7, 11) is 0. The van der Waals surface area contributed by atoms with Crippen molar-refractivity contribution in [2.24, 2.45) is 11.7 Å². The molecule has 0 aromatic heterocycles. The number of carboxylic acid groups (broad SMARTS) is 1. The number of carbonyl (C=O) groups excluding carboxylic acids is 2. The zero-order valence-electron chi connectivity index (χ0n) is 12.0. The molecule has 0 bridgehead atoms. The van der Waals surface area contributed by atoms with Crippen LogP contribution in [0, 0.1) is 5.92 Å². The second kappa shape index (κ2) is 9.60. The quantitative estimate of drug-likeness (QED) is 0.452. The minimum Gasteiger partial charge on any atom is -0.480 e. The molecule has 8 heteroatoms. The highest BCUT2D eigenvalue weighted by Crippen LogP contribution is 2.05. The maximum atomic E-state index is 12.1. The van der Waals surface area contributed by atoms with Crippen molar-refractivity contribution in [2.75, 3.05) is 18.6 Å². The largest absolute Gasteiger partial charge is 0.480 e. The van der Waals surface area contributed by atoms with Crippen LogP contribution in [0.1, 0.15) is 20.3 Å². The van der Waals surface area contributed by atoms with E-state index in [0.717, 1.165) is 0 Å². The summed E-state index contributed by atoms with van der Waals surface area (Å²) < 4.78 is 0. The van der Waals surface area contributed by atoms with E-state index in [1.54, 1.807) is 13.8 Å². The van der Waals surface area contributed by atoms with Crippen molar-refractivity contribution in [2.45, 2.75) is 32.4 Å². The fourth-order valence-corrected chi connectivity index (χ4v) is 1.99. The molecule has 20 heavy (non-hydrogen) atoms. The molecule has 2 atom stereocenters. The molecule has 0 unspecified atom stereocenters. The number of carbonyl (C=O) groups is 3. The normalized spacial score (nSPS) is 13.7. The fraction of sp³-hybridized carbons (Fsp3) is 0.750. The van der Waals surface area contributed by atoms with Crippen molar-refractivity contribution in [1.82, 2.24) is 10.6 Å². The molecule has 0 saturated heterocycles. The monoisotopic (exact) mass is 305 g/mol. The lowest BCUT2D eigenvalue weighted by Gasteiger charge is -2.23. The Hall–Kier alpha value is -1.28. The Balaban J connectivity index is 4.70. The van der Waals surface area contributed by atoms with Crippen LogP contribution in [-0.2, 0) is 14.4 Å². The highest BCUT2D eigenvalue weighted by atomic mass is 32.2. The molecule has 0 aliphatic rings. The summed E-state index contributed by atoms with van der Waals surface area (Å²) in [4.78, 5) is 34.4. The van der Waals surface area contributed by atoms with Gasteiger partial charge in [0.05, 0.1) is 6.54 Å². The summed E-state index contributed by atoms with van der Waals surface area (Å²) in [5.74, 6) is -1.58. The first-order chi connectivity index (χ1) is 9.33. The first-order valence-corrected chi connectivity index (χ1v) is 7.74. The number of hydrogen-bond acceptors (Lipinski definition) is 5. The van der Waals surface area contributed by atoms with Crippen LogP contribution < -0.4 is 16.4 Å².